The standard InChI is InChI=1S/C15H28N4O4S/c1-4-18-24(20,21)13-7-8-14(16-9-11-22-5-2)19-15(13)17-10-12-23-6-3/h7-8,18H,4-6,9-12H2,1-3H3,(H2,16,17,19). The van der Waals surface area contributed by atoms with Gasteiger partial charge in [0.2, 0.25) is 10.0 Å². The van der Waals surface area contributed by atoms with Crippen molar-refractivity contribution in [2.45, 2.75) is 25.7 Å². The van der Waals surface area contributed by atoms with E-state index in [-0.39, 0.29) is 4.90 Å². The molecule has 0 bridgehead atoms. The van der Waals surface area contributed by atoms with E-state index in [0.29, 0.717) is 57.7 Å². The molecule has 3 N–H and O–H groups in total. The summed E-state index contributed by atoms with van der Waals surface area (Å²) in [5, 5.41) is 6.14. The van der Waals surface area contributed by atoms with E-state index >= 15 is 0 Å². The zero-order valence-corrected chi connectivity index (χ0v) is 15.4. The van der Waals surface area contributed by atoms with E-state index in [0.717, 1.165) is 0 Å². The molecule has 0 saturated heterocycles. The molecule has 0 aliphatic heterocycles. The van der Waals surface area contributed by atoms with Crippen LogP contribution in [0.25, 0.3) is 0 Å². The lowest BCUT2D eigenvalue weighted by atomic mass is 10.4. The predicted octanol–water partition coefficient (Wildman–Crippen LogP) is 1.28. The maximum Gasteiger partial charge on any atom is 0.244 e. The second-order valence-corrected chi connectivity index (χ2v) is 6.53. The van der Waals surface area contributed by atoms with Gasteiger partial charge in [-0.15, -0.1) is 0 Å². The van der Waals surface area contributed by atoms with Crippen LogP contribution in [0, 0.1) is 0 Å². The van der Waals surface area contributed by atoms with E-state index in [4.69, 9.17) is 9.47 Å². The van der Waals surface area contributed by atoms with Crippen molar-refractivity contribution >= 4 is 21.7 Å². The number of aromatic nitrogens is 1. The van der Waals surface area contributed by atoms with Crippen LogP contribution in [0.2, 0.25) is 0 Å². The van der Waals surface area contributed by atoms with Crippen molar-refractivity contribution in [2.24, 2.45) is 0 Å². The van der Waals surface area contributed by atoms with Gasteiger partial charge in [0, 0.05) is 32.8 Å². The highest BCUT2D eigenvalue weighted by Crippen LogP contribution is 2.21. The highest BCUT2D eigenvalue weighted by atomic mass is 32.2. The van der Waals surface area contributed by atoms with Crippen LogP contribution in [0.15, 0.2) is 17.0 Å². The Hall–Kier alpha value is -1.42. The number of ether oxygens (including phenoxy) is 2. The van der Waals surface area contributed by atoms with Crippen LogP contribution < -0.4 is 15.4 Å². The monoisotopic (exact) mass is 360 g/mol. The van der Waals surface area contributed by atoms with Crippen LogP contribution in [0.3, 0.4) is 0 Å². The van der Waals surface area contributed by atoms with E-state index in [1.54, 1.807) is 13.0 Å². The quantitative estimate of drug-likeness (QED) is 0.455. The number of hydrogen-bond donors (Lipinski definition) is 3. The summed E-state index contributed by atoms with van der Waals surface area (Å²) in [6.45, 7) is 9.24. The summed E-state index contributed by atoms with van der Waals surface area (Å²) in [5.41, 5.74) is 0. The van der Waals surface area contributed by atoms with Crippen molar-refractivity contribution < 1.29 is 17.9 Å². The highest BCUT2D eigenvalue weighted by Gasteiger charge is 2.19. The van der Waals surface area contributed by atoms with Crippen LogP contribution in [0.4, 0.5) is 11.6 Å². The third-order valence-electron chi connectivity index (χ3n) is 2.98. The van der Waals surface area contributed by atoms with Gasteiger partial charge in [-0.25, -0.2) is 18.1 Å². The van der Waals surface area contributed by atoms with Gasteiger partial charge in [-0.2, -0.15) is 0 Å². The molecule has 0 fully saturated rings. The SMILES string of the molecule is CCNS(=O)(=O)c1ccc(NCCOCC)nc1NCCOCC. The summed E-state index contributed by atoms with van der Waals surface area (Å²) in [7, 11) is -3.60. The normalized spacial score (nSPS) is 11.5. The molecule has 8 nitrogen and oxygen atoms in total. The Balaban J connectivity index is 2.88. The van der Waals surface area contributed by atoms with Gasteiger partial charge < -0.3 is 20.1 Å². The summed E-state index contributed by atoms with van der Waals surface area (Å²) >= 11 is 0. The molecule has 0 aromatic carbocycles. The molecule has 0 spiro atoms. The van der Waals surface area contributed by atoms with Gasteiger partial charge in [0.25, 0.3) is 0 Å². The van der Waals surface area contributed by atoms with E-state index in [9.17, 15) is 8.42 Å². The number of nitrogens with zero attached hydrogens (tertiary/aromatic N) is 1. The van der Waals surface area contributed by atoms with Gasteiger partial charge in [0.05, 0.1) is 13.2 Å². The zero-order valence-electron chi connectivity index (χ0n) is 14.6. The molecule has 0 unspecified atom stereocenters. The molecule has 0 saturated carbocycles. The number of anilines is 2. The third kappa shape index (κ3) is 7.00. The van der Waals surface area contributed by atoms with Gasteiger partial charge in [0.1, 0.15) is 16.5 Å². The molecule has 1 heterocycles. The summed E-state index contributed by atoms with van der Waals surface area (Å²) < 4.78 is 37.6. The fraction of sp³-hybridized carbons (Fsp3) is 0.667. The van der Waals surface area contributed by atoms with Crippen LogP contribution >= 0.6 is 0 Å². The zero-order chi connectivity index (χ0) is 17.8. The Morgan fingerprint density at radius 2 is 1.62 bits per heavy atom. The van der Waals surface area contributed by atoms with E-state index in [2.05, 4.69) is 20.3 Å². The lowest BCUT2D eigenvalue weighted by Gasteiger charge is -2.14. The number of hydrogen-bond acceptors (Lipinski definition) is 7. The molecule has 1 rings (SSSR count). The Kier molecular flexibility index (Phi) is 9.62. The average molecular weight is 360 g/mol. The van der Waals surface area contributed by atoms with E-state index in [1.807, 2.05) is 13.8 Å². The second kappa shape index (κ2) is 11.2. The number of pyridine rings is 1. The minimum absolute atomic E-state index is 0.121. The second-order valence-electron chi connectivity index (χ2n) is 4.79. The van der Waals surface area contributed by atoms with Gasteiger partial charge >= 0.3 is 0 Å². The minimum Gasteiger partial charge on any atom is -0.380 e. The molecule has 9 heteroatoms. The lowest BCUT2D eigenvalue weighted by molar-refractivity contribution is 0.158. The van der Waals surface area contributed by atoms with Crippen molar-refractivity contribution in [3.8, 4) is 0 Å². The Morgan fingerprint density at radius 1 is 1.00 bits per heavy atom. The topological polar surface area (TPSA) is 102 Å². The first-order chi connectivity index (χ1) is 11.5. The van der Waals surface area contributed by atoms with Crippen LogP contribution in [-0.2, 0) is 19.5 Å². The third-order valence-corrected chi connectivity index (χ3v) is 4.56. The van der Waals surface area contributed by atoms with Crippen molar-refractivity contribution in [1.29, 1.82) is 0 Å². The van der Waals surface area contributed by atoms with E-state index < -0.39 is 10.0 Å². The summed E-state index contributed by atoms with van der Waals surface area (Å²) in [6, 6.07) is 3.18. The van der Waals surface area contributed by atoms with Crippen LogP contribution in [-0.4, -0.2) is 59.5 Å². The van der Waals surface area contributed by atoms with Gasteiger partial charge in [0.15, 0.2) is 0 Å². The Morgan fingerprint density at radius 3 is 2.21 bits per heavy atom. The van der Waals surface area contributed by atoms with Gasteiger partial charge in [-0.1, -0.05) is 6.92 Å². The molecule has 0 radical (unpaired) electrons. The molecular weight excluding hydrogens is 332 g/mol. The fourth-order valence-corrected chi connectivity index (χ4v) is 3.09. The lowest BCUT2D eigenvalue weighted by Crippen LogP contribution is -2.25. The molecule has 0 aliphatic carbocycles. The summed E-state index contributed by atoms with van der Waals surface area (Å²) in [6.07, 6.45) is 0. The highest BCUT2D eigenvalue weighted by molar-refractivity contribution is 7.89. The van der Waals surface area contributed by atoms with Crippen LogP contribution in [0.1, 0.15) is 20.8 Å². The summed E-state index contributed by atoms with van der Waals surface area (Å²) in [4.78, 5) is 4.49. The molecule has 1 aromatic rings. The molecule has 24 heavy (non-hydrogen) atoms. The minimum atomic E-state index is -3.60. The predicted molar refractivity (Wildman–Crippen MR) is 95.1 cm³/mol. The van der Waals surface area contributed by atoms with Gasteiger partial charge in [-0.05, 0) is 26.0 Å². The number of rotatable bonds is 13. The number of nitrogens with one attached hydrogen (secondary N) is 3. The molecule has 1 aromatic heterocycles. The molecule has 138 valence electrons. The number of sulfonamides is 1. The van der Waals surface area contributed by atoms with Crippen molar-refractivity contribution in [3.05, 3.63) is 12.1 Å². The first kappa shape index (κ1) is 20.6. The smallest absolute Gasteiger partial charge is 0.244 e. The summed E-state index contributed by atoms with van der Waals surface area (Å²) in [5.74, 6) is 0.890. The Labute approximate surface area is 144 Å². The van der Waals surface area contributed by atoms with Crippen molar-refractivity contribution in [3.63, 3.8) is 0 Å². The van der Waals surface area contributed by atoms with Gasteiger partial charge in [-0.3, -0.25) is 0 Å². The van der Waals surface area contributed by atoms with E-state index in [1.165, 1.54) is 6.07 Å². The maximum absolute atomic E-state index is 12.3. The molecule has 0 aliphatic rings. The fourth-order valence-electron chi connectivity index (χ4n) is 1.94. The average Bonchev–Trinajstić information content (AvgIpc) is 2.55. The van der Waals surface area contributed by atoms with Crippen molar-refractivity contribution in [1.82, 2.24) is 9.71 Å². The molecule has 0 atom stereocenters. The first-order valence-corrected chi connectivity index (χ1v) is 9.67. The molecular formula is C15H28N4O4S. The van der Waals surface area contributed by atoms with Crippen LogP contribution in [0.5, 0.6) is 0 Å². The largest absolute Gasteiger partial charge is 0.380 e. The maximum atomic E-state index is 12.3. The molecule has 0 amide bonds. The first-order valence-electron chi connectivity index (χ1n) is 8.19. The Bertz CT molecular complexity index is 581. The van der Waals surface area contributed by atoms with Crippen molar-refractivity contribution in [2.75, 3.05) is 56.7 Å².